The predicted octanol–water partition coefficient (Wildman–Crippen LogP) is 7.09. The third kappa shape index (κ3) is 7.26. The van der Waals surface area contributed by atoms with Gasteiger partial charge in [-0.3, -0.25) is 10.4 Å². The number of thioether (sulfide) groups is 1. The van der Waals surface area contributed by atoms with Crippen molar-refractivity contribution in [3.63, 3.8) is 0 Å². The number of rotatable bonds is 8. The fourth-order valence-electron chi connectivity index (χ4n) is 5.83. The third-order valence-electron chi connectivity index (χ3n) is 8.10. The molecule has 40 heavy (non-hydrogen) atoms. The van der Waals surface area contributed by atoms with Crippen LogP contribution in [-0.4, -0.2) is 71.1 Å². The van der Waals surface area contributed by atoms with Crippen LogP contribution in [0.2, 0.25) is 0 Å². The van der Waals surface area contributed by atoms with E-state index in [4.69, 9.17) is 10.5 Å². The minimum absolute atomic E-state index is 0.219. The molecule has 218 valence electrons. The molecule has 6 heteroatoms. The zero-order valence-corrected chi connectivity index (χ0v) is 26.7. The van der Waals surface area contributed by atoms with E-state index in [2.05, 4.69) is 65.9 Å². The molecular formula is C34H50N4OS. The number of likely N-dealkylation sites (tertiary alicyclic amines) is 1. The lowest BCUT2D eigenvalue weighted by atomic mass is 9.85. The van der Waals surface area contributed by atoms with Gasteiger partial charge in [0.1, 0.15) is 5.84 Å². The molecule has 2 fully saturated rings. The summed E-state index contributed by atoms with van der Waals surface area (Å²) in [5, 5.41) is 16.8. The molecule has 0 radical (unpaired) electrons. The van der Waals surface area contributed by atoms with Crippen LogP contribution in [0.25, 0.3) is 10.9 Å². The molecular weight excluding hydrogens is 512 g/mol. The molecule has 5 rings (SSSR count). The maximum absolute atomic E-state index is 8.74. The molecule has 1 aromatic heterocycles. The fourth-order valence-corrected chi connectivity index (χ4v) is 6.70. The molecule has 0 bridgehead atoms. The number of hydrogen-bond acceptors (Lipinski definition) is 5. The van der Waals surface area contributed by atoms with Crippen molar-refractivity contribution >= 4 is 28.5 Å². The van der Waals surface area contributed by atoms with Crippen molar-refractivity contribution < 1.29 is 5.11 Å². The smallest absolute Gasteiger partial charge is 0.129 e. The monoisotopic (exact) mass is 562 g/mol. The first-order chi connectivity index (χ1) is 19.2. The van der Waals surface area contributed by atoms with Gasteiger partial charge in [-0.05, 0) is 66.7 Å². The Morgan fingerprint density at radius 2 is 1.80 bits per heavy atom. The highest BCUT2D eigenvalue weighted by atomic mass is 32.2. The summed E-state index contributed by atoms with van der Waals surface area (Å²) in [6.07, 6.45) is 2.57. The van der Waals surface area contributed by atoms with E-state index in [1.165, 1.54) is 38.0 Å². The average Bonchev–Trinajstić information content (AvgIpc) is 3.54. The van der Waals surface area contributed by atoms with Gasteiger partial charge in [0, 0.05) is 49.3 Å². The molecule has 1 aliphatic carbocycles. The van der Waals surface area contributed by atoms with Crippen molar-refractivity contribution in [1.82, 2.24) is 14.8 Å². The van der Waals surface area contributed by atoms with E-state index in [9.17, 15) is 0 Å². The average molecular weight is 563 g/mol. The zero-order valence-electron chi connectivity index (χ0n) is 25.9. The Morgan fingerprint density at radius 3 is 2.48 bits per heavy atom. The van der Waals surface area contributed by atoms with Crippen molar-refractivity contribution in [3.8, 4) is 0 Å². The van der Waals surface area contributed by atoms with Gasteiger partial charge in [-0.2, -0.15) is 0 Å². The second-order valence-corrected chi connectivity index (χ2v) is 13.0. The topological polar surface area (TPSA) is 63.5 Å². The Balaban J connectivity index is 0.00000106. The summed E-state index contributed by atoms with van der Waals surface area (Å²) in [5.74, 6) is 3.37. The number of aromatic nitrogens is 1. The van der Waals surface area contributed by atoms with Crippen molar-refractivity contribution in [2.45, 2.75) is 65.2 Å². The summed E-state index contributed by atoms with van der Waals surface area (Å²) < 4.78 is 0. The number of pyridine rings is 1. The molecule has 5 nitrogen and oxygen atoms in total. The van der Waals surface area contributed by atoms with Crippen LogP contribution in [0.5, 0.6) is 0 Å². The molecule has 2 heterocycles. The molecule has 2 aromatic carbocycles. The summed E-state index contributed by atoms with van der Waals surface area (Å²) in [6, 6.07) is 19.7. The van der Waals surface area contributed by atoms with Gasteiger partial charge in [0.25, 0.3) is 0 Å². The third-order valence-corrected chi connectivity index (χ3v) is 9.25. The van der Waals surface area contributed by atoms with Crippen LogP contribution in [-0.2, 0) is 10.8 Å². The second kappa shape index (κ2) is 14.0. The molecule has 1 saturated heterocycles. The number of amidine groups is 1. The maximum atomic E-state index is 8.74. The van der Waals surface area contributed by atoms with Gasteiger partial charge in [-0.15, -0.1) is 11.8 Å². The summed E-state index contributed by atoms with van der Waals surface area (Å²) in [6.45, 7) is 16.5. The molecule has 0 amide bonds. The molecule has 1 saturated carbocycles. The molecule has 2 N–H and O–H groups in total. The van der Waals surface area contributed by atoms with Crippen LogP contribution >= 0.6 is 11.8 Å². The van der Waals surface area contributed by atoms with Crippen molar-refractivity contribution in [1.29, 1.82) is 5.41 Å². The van der Waals surface area contributed by atoms with Gasteiger partial charge < -0.3 is 14.9 Å². The molecule has 1 aliphatic heterocycles. The van der Waals surface area contributed by atoms with E-state index >= 15 is 0 Å². The lowest BCUT2D eigenvalue weighted by Gasteiger charge is -2.23. The van der Waals surface area contributed by atoms with E-state index in [1.54, 1.807) is 5.56 Å². The summed E-state index contributed by atoms with van der Waals surface area (Å²) in [7, 11) is 3.03. The summed E-state index contributed by atoms with van der Waals surface area (Å²) in [4.78, 5) is 9.36. The Labute approximate surface area is 246 Å². The summed E-state index contributed by atoms with van der Waals surface area (Å²) in [5.41, 5.74) is 6.55. The van der Waals surface area contributed by atoms with Crippen molar-refractivity contribution in [2.24, 2.45) is 5.92 Å². The van der Waals surface area contributed by atoms with Crippen LogP contribution in [0, 0.1) is 18.3 Å². The number of piperidine rings is 1. The van der Waals surface area contributed by atoms with Crippen molar-refractivity contribution in [3.05, 3.63) is 77.0 Å². The molecule has 0 spiro atoms. The van der Waals surface area contributed by atoms with E-state index < -0.39 is 0 Å². The Hall–Kier alpha value is -2.41. The first-order valence-electron chi connectivity index (χ1n) is 14.7. The van der Waals surface area contributed by atoms with Gasteiger partial charge in [0.15, 0.2) is 0 Å². The predicted molar refractivity (Wildman–Crippen MR) is 174 cm³/mol. The van der Waals surface area contributed by atoms with Crippen LogP contribution in [0.3, 0.4) is 0 Å². The first kappa shape index (κ1) is 32.1. The second-order valence-electron chi connectivity index (χ2n) is 11.9. The highest BCUT2D eigenvalue weighted by Crippen LogP contribution is 2.59. The number of fused-ring (bicyclic) bond motifs is 2. The highest BCUT2D eigenvalue weighted by Gasteiger charge is 2.60. The SMILES string of the molecule is CC.CO.Cc1ccc2c(C(=N)N(C)CSCCCN3C[C@H]4C[C@@]4(c4ccc(C(C)(C)C)cc4)C3)cccc2n1. The van der Waals surface area contributed by atoms with Gasteiger partial charge in [-0.1, -0.05) is 77.1 Å². The normalized spacial score (nSPS) is 19.7. The van der Waals surface area contributed by atoms with Crippen LogP contribution in [0.4, 0.5) is 0 Å². The number of aliphatic hydroxyl groups excluding tert-OH is 1. The number of hydrogen-bond donors (Lipinski definition) is 2. The van der Waals surface area contributed by atoms with Crippen molar-refractivity contribution in [2.75, 3.05) is 45.4 Å². The van der Waals surface area contributed by atoms with Crippen LogP contribution in [0.1, 0.15) is 69.8 Å². The van der Waals surface area contributed by atoms with Crippen LogP contribution < -0.4 is 0 Å². The lowest BCUT2D eigenvalue weighted by molar-refractivity contribution is 0.299. The quantitative estimate of drug-likeness (QED) is 0.133. The molecule has 2 aliphatic rings. The minimum Gasteiger partial charge on any atom is -0.400 e. The van der Waals surface area contributed by atoms with Crippen LogP contribution in [0.15, 0.2) is 54.6 Å². The molecule has 0 unspecified atom stereocenters. The van der Waals surface area contributed by atoms with E-state index in [0.717, 1.165) is 46.8 Å². The van der Waals surface area contributed by atoms with Gasteiger partial charge in [0.2, 0.25) is 0 Å². The Bertz CT molecular complexity index is 1250. The molecule has 3 aromatic rings. The number of aliphatic hydroxyl groups is 1. The fraction of sp³-hybridized carbons (Fsp3) is 0.529. The number of nitrogens with one attached hydrogen (secondary N) is 1. The Morgan fingerprint density at radius 1 is 1.10 bits per heavy atom. The van der Waals surface area contributed by atoms with E-state index in [0.29, 0.717) is 11.3 Å². The van der Waals surface area contributed by atoms with E-state index in [1.807, 2.05) is 63.8 Å². The lowest BCUT2D eigenvalue weighted by Crippen LogP contribution is -2.28. The zero-order chi connectivity index (χ0) is 29.5. The number of benzene rings is 2. The van der Waals surface area contributed by atoms with Gasteiger partial charge in [0.05, 0.1) is 11.4 Å². The standard InChI is InChI=1S/C31H40N4S.C2H6.CH4O/c1-22-10-15-26-27(8-6-9-28(26)33-22)29(32)34(5)21-36-17-7-16-35-19-25-18-31(25,20-35)24-13-11-23(12-14-24)30(2,3)4;2*1-2/h6,8-15,25,32H,7,16-21H2,1-5H3;1-2H3;2H,1H3/t25-,31+;;/m1../s1. The first-order valence-corrected chi connectivity index (χ1v) is 15.9. The number of aryl methyl sites for hydroxylation is 1. The minimum atomic E-state index is 0.219. The molecule has 2 atom stereocenters. The largest absolute Gasteiger partial charge is 0.400 e. The highest BCUT2D eigenvalue weighted by molar-refractivity contribution is 7.99. The maximum Gasteiger partial charge on any atom is 0.129 e. The summed E-state index contributed by atoms with van der Waals surface area (Å²) >= 11 is 1.93. The van der Waals surface area contributed by atoms with E-state index in [-0.39, 0.29) is 5.41 Å². The number of nitrogens with zero attached hydrogens (tertiary/aromatic N) is 3. The van der Waals surface area contributed by atoms with Gasteiger partial charge >= 0.3 is 0 Å². The van der Waals surface area contributed by atoms with Gasteiger partial charge in [-0.25, -0.2) is 0 Å². The Kier molecular flexibility index (Phi) is 11.2.